The lowest BCUT2D eigenvalue weighted by Gasteiger charge is -2.12. The molecule has 2 N–H and O–H groups in total. The largest absolute Gasteiger partial charge is 0.497 e. The maximum absolute atomic E-state index is 12.2. The molecule has 8 heteroatoms. The molecule has 2 aromatic carbocycles. The van der Waals surface area contributed by atoms with E-state index in [0.29, 0.717) is 17.2 Å². The molecule has 0 saturated carbocycles. The van der Waals surface area contributed by atoms with Gasteiger partial charge < -0.3 is 14.8 Å². The number of ether oxygens (including phenoxy) is 2. The molecule has 26 heavy (non-hydrogen) atoms. The average molecular weight is 378 g/mol. The van der Waals surface area contributed by atoms with Gasteiger partial charge >= 0.3 is 0 Å². The fourth-order valence-corrected chi connectivity index (χ4v) is 3.25. The Morgan fingerprint density at radius 1 is 1.04 bits per heavy atom. The number of aryl methyl sites for hydroxylation is 1. The second-order valence-electron chi connectivity index (χ2n) is 5.58. The zero-order valence-corrected chi connectivity index (χ0v) is 15.7. The van der Waals surface area contributed by atoms with E-state index in [9.17, 15) is 13.2 Å². The Hall–Kier alpha value is -2.58. The first-order chi connectivity index (χ1) is 12.4. The summed E-state index contributed by atoms with van der Waals surface area (Å²) in [5.41, 5.74) is 1.46. The van der Waals surface area contributed by atoms with Crippen LogP contribution >= 0.6 is 0 Å². The van der Waals surface area contributed by atoms with E-state index in [-0.39, 0.29) is 23.8 Å². The molecule has 0 aromatic heterocycles. The van der Waals surface area contributed by atoms with E-state index < -0.39 is 10.0 Å². The molecule has 0 saturated heterocycles. The fraction of sp³-hybridized carbons (Fsp3) is 0.278. The van der Waals surface area contributed by atoms with Crippen molar-refractivity contribution in [3.63, 3.8) is 0 Å². The van der Waals surface area contributed by atoms with Crippen LogP contribution in [0.5, 0.6) is 11.5 Å². The maximum atomic E-state index is 12.2. The SMILES string of the molecule is COc1ccc(NC(=O)CCNS(=O)(=O)c2ccc(C)cc2)c(OC)c1. The van der Waals surface area contributed by atoms with Gasteiger partial charge in [0.25, 0.3) is 0 Å². The second kappa shape index (κ2) is 8.68. The Balaban J connectivity index is 1.92. The van der Waals surface area contributed by atoms with Crippen molar-refractivity contribution in [1.82, 2.24) is 4.72 Å². The Morgan fingerprint density at radius 3 is 2.35 bits per heavy atom. The summed E-state index contributed by atoms with van der Waals surface area (Å²) in [7, 11) is -0.617. The number of methoxy groups -OCH3 is 2. The van der Waals surface area contributed by atoms with Crippen molar-refractivity contribution < 1.29 is 22.7 Å². The first-order valence-corrected chi connectivity index (χ1v) is 9.42. The Kier molecular flexibility index (Phi) is 6.59. The fourth-order valence-electron chi connectivity index (χ4n) is 2.21. The Labute approximate surface area is 153 Å². The lowest BCUT2D eigenvalue weighted by molar-refractivity contribution is -0.116. The highest BCUT2D eigenvalue weighted by Crippen LogP contribution is 2.29. The van der Waals surface area contributed by atoms with Crippen molar-refractivity contribution >= 4 is 21.6 Å². The van der Waals surface area contributed by atoms with Gasteiger partial charge in [0.05, 0.1) is 24.8 Å². The third kappa shape index (κ3) is 5.21. The van der Waals surface area contributed by atoms with E-state index in [1.807, 2.05) is 6.92 Å². The summed E-state index contributed by atoms with van der Waals surface area (Å²) in [6, 6.07) is 11.5. The minimum absolute atomic E-state index is 0.0134. The smallest absolute Gasteiger partial charge is 0.240 e. The number of hydrogen-bond acceptors (Lipinski definition) is 5. The normalized spacial score (nSPS) is 11.0. The van der Waals surface area contributed by atoms with Gasteiger partial charge in [0, 0.05) is 19.0 Å². The van der Waals surface area contributed by atoms with Crippen molar-refractivity contribution in [2.45, 2.75) is 18.2 Å². The van der Waals surface area contributed by atoms with Crippen molar-refractivity contribution in [3.05, 3.63) is 48.0 Å². The lowest BCUT2D eigenvalue weighted by Crippen LogP contribution is -2.27. The van der Waals surface area contributed by atoms with Crippen molar-refractivity contribution in [2.75, 3.05) is 26.1 Å². The molecular weight excluding hydrogens is 356 g/mol. The number of carbonyl (C=O) groups excluding carboxylic acids is 1. The van der Waals surface area contributed by atoms with Gasteiger partial charge in [-0.15, -0.1) is 0 Å². The van der Waals surface area contributed by atoms with Crippen LogP contribution in [0.25, 0.3) is 0 Å². The standard InChI is InChI=1S/C18H22N2O5S/c1-13-4-7-15(8-5-13)26(22,23)19-11-10-18(21)20-16-9-6-14(24-2)12-17(16)25-3/h4-9,12,19H,10-11H2,1-3H3,(H,20,21). The number of amides is 1. The number of carbonyl (C=O) groups is 1. The molecule has 7 nitrogen and oxygen atoms in total. The van der Waals surface area contributed by atoms with Crippen LogP contribution in [0.1, 0.15) is 12.0 Å². The van der Waals surface area contributed by atoms with E-state index >= 15 is 0 Å². The summed E-state index contributed by atoms with van der Waals surface area (Å²) in [6.07, 6.45) is -0.0136. The summed E-state index contributed by atoms with van der Waals surface area (Å²) in [4.78, 5) is 12.2. The van der Waals surface area contributed by atoms with Crippen LogP contribution in [0.3, 0.4) is 0 Å². The molecule has 0 aliphatic carbocycles. The van der Waals surface area contributed by atoms with Crippen LogP contribution in [-0.2, 0) is 14.8 Å². The molecule has 0 heterocycles. The lowest BCUT2D eigenvalue weighted by atomic mass is 10.2. The van der Waals surface area contributed by atoms with Crippen LogP contribution in [0, 0.1) is 6.92 Å². The van der Waals surface area contributed by atoms with E-state index in [4.69, 9.17) is 9.47 Å². The van der Waals surface area contributed by atoms with Gasteiger partial charge in [-0.25, -0.2) is 13.1 Å². The molecule has 2 rings (SSSR count). The summed E-state index contributed by atoms with van der Waals surface area (Å²) < 4.78 is 37.1. The number of nitrogens with one attached hydrogen (secondary N) is 2. The van der Waals surface area contributed by atoms with Gasteiger partial charge in [-0.2, -0.15) is 0 Å². The quantitative estimate of drug-likeness (QED) is 0.735. The van der Waals surface area contributed by atoms with Crippen LogP contribution in [0.2, 0.25) is 0 Å². The topological polar surface area (TPSA) is 93.7 Å². The highest BCUT2D eigenvalue weighted by Gasteiger charge is 2.14. The Bertz CT molecular complexity index is 864. The number of hydrogen-bond donors (Lipinski definition) is 2. The highest BCUT2D eigenvalue weighted by molar-refractivity contribution is 7.89. The molecule has 2 aromatic rings. The van der Waals surface area contributed by atoms with E-state index in [1.54, 1.807) is 30.3 Å². The maximum Gasteiger partial charge on any atom is 0.240 e. The molecule has 0 atom stereocenters. The van der Waals surface area contributed by atoms with Gasteiger partial charge in [0.1, 0.15) is 11.5 Å². The van der Waals surface area contributed by atoms with Gasteiger partial charge in [0.2, 0.25) is 15.9 Å². The van der Waals surface area contributed by atoms with Crippen molar-refractivity contribution in [1.29, 1.82) is 0 Å². The zero-order chi connectivity index (χ0) is 19.2. The van der Waals surface area contributed by atoms with Crippen LogP contribution in [-0.4, -0.2) is 35.1 Å². The number of anilines is 1. The van der Waals surface area contributed by atoms with E-state index in [1.165, 1.54) is 26.4 Å². The van der Waals surface area contributed by atoms with Crippen LogP contribution in [0.15, 0.2) is 47.4 Å². The van der Waals surface area contributed by atoms with Crippen LogP contribution < -0.4 is 19.5 Å². The summed E-state index contributed by atoms with van der Waals surface area (Å²) in [5.74, 6) is 0.726. The first kappa shape index (κ1) is 19.7. The van der Waals surface area contributed by atoms with Gasteiger partial charge in [-0.05, 0) is 31.2 Å². The average Bonchev–Trinajstić information content (AvgIpc) is 2.62. The molecule has 0 aliphatic heterocycles. The molecule has 0 spiro atoms. The predicted octanol–water partition coefficient (Wildman–Crippen LogP) is 2.32. The zero-order valence-electron chi connectivity index (χ0n) is 14.9. The van der Waals surface area contributed by atoms with E-state index in [2.05, 4.69) is 10.0 Å². The third-order valence-electron chi connectivity index (χ3n) is 3.66. The molecular formula is C18H22N2O5S. The number of rotatable bonds is 8. The predicted molar refractivity (Wildman–Crippen MR) is 99.2 cm³/mol. The van der Waals surface area contributed by atoms with Crippen LogP contribution in [0.4, 0.5) is 5.69 Å². The van der Waals surface area contributed by atoms with Crippen molar-refractivity contribution in [3.8, 4) is 11.5 Å². The number of sulfonamides is 1. The molecule has 0 unspecified atom stereocenters. The first-order valence-electron chi connectivity index (χ1n) is 7.94. The third-order valence-corrected chi connectivity index (χ3v) is 5.14. The molecule has 140 valence electrons. The van der Waals surface area contributed by atoms with E-state index in [0.717, 1.165) is 5.56 Å². The summed E-state index contributed by atoms with van der Waals surface area (Å²) >= 11 is 0. The van der Waals surface area contributed by atoms with Gasteiger partial charge in [-0.1, -0.05) is 17.7 Å². The summed E-state index contributed by atoms with van der Waals surface area (Å²) in [5, 5.41) is 2.69. The van der Waals surface area contributed by atoms with Crippen molar-refractivity contribution in [2.24, 2.45) is 0 Å². The van der Waals surface area contributed by atoms with Gasteiger partial charge in [-0.3, -0.25) is 4.79 Å². The molecule has 0 bridgehead atoms. The Morgan fingerprint density at radius 2 is 1.73 bits per heavy atom. The second-order valence-corrected chi connectivity index (χ2v) is 7.34. The molecule has 0 radical (unpaired) electrons. The van der Waals surface area contributed by atoms with Gasteiger partial charge in [0.15, 0.2) is 0 Å². The highest BCUT2D eigenvalue weighted by atomic mass is 32.2. The number of benzene rings is 2. The summed E-state index contributed by atoms with van der Waals surface area (Å²) in [6.45, 7) is 1.86. The monoisotopic (exact) mass is 378 g/mol. The minimum Gasteiger partial charge on any atom is -0.497 e. The molecule has 1 amide bonds. The molecule has 0 aliphatic rings. The molecule has 0 fully saturated rings. The minimum atomic E-state index is -3.64.